The lowest BCUT2D eigenvalue weighted by atomic mass is 10.1. The van der Waals surface area contributed by atoms with Gasteiger partial charge in [0.1, 0.15) is 6.61 Å². The highest BCUT2D eigenvalue weighted by atomic mass is 16.5. The number of ether oxygens (including phenoxy) is 1. The number of hydrogen-bond donors (Lipinski definition) is 0. The largest absolute Gasteiger partial charge is 0.456 e. The van der Waals surface area contributed by atoms with Gasteiger partial charge in [-0.1, -0.05) is 30.9 Å². The van der Waals surface area contributed by atoms with E-state index in [1.54, 1.807) is 18.2 Å². The van der Waals surface area contributed by atoms with Crippen molar-refractivity contribution in [2.24, 2.45) is 0 Å². The zero-order valence-electron chi connectivity index (χ0n) is 9.74. The van der Waals surface area contributed by atoms with Crippen LogP contribution in [-0.2, 0) is 11.3 Å². The van der Waals surface area contributed by atoms with Crippen LogP contribution in [0.25, 0.3) is 6.08 Å². The molecule has 0 amide bonds. The highest BCUT2D eigenvalue weighted by Gasteiger charge is 2.08. The third kappa shape index (κ3) is 3.01. The van der Waals surface area contributed by atoms with Crippen molar-refractivity contribution in [3.05, 3.63) is 66.0 Å². The normalized spacial score (nSPS) is 9.78. The molecule has 0 unspecified atom stereocenters. The Morgan fingerprint density at radius 1 is 1.33 bits per heavy atom. The van der Waals surface area contributed by atoms with Gasteiger partial charge in [0.05, 0.1) is 0 Å². The summed E-state index contributed by atoms with van der Waals surface area (Å²) in [6.07, 6.45) is 3.25. The van der Waals surface area contributed by atoms with Crippen molar-refractivity contribution in [3.63, 3.8) is 0 Å². The van der Waals surface area contributed by atoms with Crippen LogP contribution >= 0.6 is 0 Å². The molecule has 1 aromatic carbocycles. The second kappa shape index (κ2) is 5.72. The van der Waals surface area contributed by atoms with Gasteiger partial charge in [-0.15, -0.1) is 5.10 Å². The Morgan fingerprint density at radius 2 is 2.22 bits per heavy atom. The van der Waals surface area contributed by atoms with E-state index < -0.39 is 5.97 Å². The molecule has 0 N–H and O–H groups in total. The molecule has 4 heteroatoms. The van der Waals surface area contributed by atoms with Crippen LogP contribution in [0.15, 0.2) is 49.2 Å². The van der Waals surface area contributed by atoms with E-state index in [2.05, 4.69) is 16.8 Å². The van der Waals surface area contributed by atoms with Crippen molar-refractivity contribution in [1.82, 2.24) is 10.2 Å². The molecule has 0 saturated heterocycles. The number of rotatable bonds is 4. The van der Waals surface area contributed by atoms with Gasteiger partial charge in [0, 0.05) is 6.20 Å². The third-order valence-corrected chi connectivity index (χ3v) is 2.34. The Labute approximate surface area is 105 Å². The number of carbonyl (C=O) groups excluding carboxylic acids is 1. The third-order valence-electron chi connectivity index (χ3n) is 2.34. The minimum absolute atomic E-state index is 0.205. The number of hydrogen-bond acceptors (Lipinski definition) is 4. The molecule has 18 heavy (non-hydrogen) atoms. The van der Waals surface area contributed by atoms with Gasteiger partial charge in [-0.05, 0) is 29.3 Å². The first-order valence-corrected chi connectivity index (χ1v) is 5.46. The Hall–Kier alpha value is -2.49. The monoisotopic (exact) mass is 240 g/mol. The molecular weight excluding hydrogens is 228 g/mol. The molecule has 2 rings (SSSR count). The van der Waals surface area contributed by atoms with E-state index in [0.717, 1.165) is 11.1 Å². The maximum absolute atomic E-state index is 11.6. The van der Waals surface area contributed by atoms with Crippen LogP contribution in [0.3, 0.4) is 0 Å². The molecule has 2 aromatic rings. The van der Waals surface area contributed by atoms with Gasteiger partial charge in [-0.3, -0.25) is 0 Å². The fourth-order valence-electron chi connectivity index (χ4n) is 1.44. The van der Waals surface area contributed by atoms with E-state index in [0.29, 0.717) is 0 Å². The summed E-state index contributed by atoms with van der Waals surface area (Å²) in [5.74, 6) is -0.480. The zero-order valence-corrected chi connectivity index (χ0v) is 9.74. The van der Waals surface area contributed by atoms with Crippen LogP contribution < -0.4 is 0 Å². The van der Waals surface area contributed by atoms with Gasteiger partial charge in [0.2, 0.25) is 0 Å². The summed E-state index contributed by atoms with van der Waals surface area (Å²) in [5.41, 5.74) is 2.10. The number of aromatic nitrogens is 2. The molecule has 1 heterocycles. The lowest BCUT2D eigenvalue weighted by Crippen LogP contribution is -2.07. The molecule has 0 aliphatic heterocycles. The Bertz CT molecular complexity index is 553. The Morgan fingerprint density at radius 3 is 2.94 bits per heavy atom. The van der Waals surface area contributed by atoms with Crippen molar-refractivity contribution in [2.75, 3.05) is 0 Å². The highest BCUT2D eigenvalue weighted by molar-refractivity contribution is 5.86. The summed E-state index contributed by atoms with van der Waals surface area (Å²) < 4.78 is 5.14. The molecule has 0 radical (unpaired) electrons. The fourth-order valence-corrected chi connectivity index (χ4v) is 1.44. The van der Waals surface area contributed by atoms with E-state index in [1.807, 2.05) is 24.3 Å². The van der Waals surface area contributed by atoms with E-state index in [1.165, 1.54) is 6.20 Å². The zero-order chi connectivity index (χ0) is 12.8. The summed E-state index contributed by atoms with van der Waals surface area (Å²) in [5, 5.41) is 7.31. The van der Waals surface area contributed by atoms with Crippen molar-refractivity contribution in [2.45, 2.75) is 6.61 Å². The topological polar surface area (TPSA) is 52.1 Å². The van der Waals surface area contributed by atoms with Gasteiger partial charge >= 0.3 is 5.97 Å². The van der Waals surface area contributed by atoms with Gasteiger partial charge in [-0.2, -0.15) is 5.10 Å². The lowest BCUT2D eigenvalue weighted by Gasteiger charge is -2.04. The smallest absolute Gasteiger partial charge is 0.359 e. The summed E-state index contributed by atoms with van der Waals surface area (Å²) in [7, 11) is 0. The molecule has 0 aliphatic rings. The predicted octanol–water partition coefficient (Wildman–Crippen LogP) is 2.48. The van der Waals surface area contributed by atoms with E-state index in [-0.39, 0.29) is 12.3 Å². The summed E-state index contributed by atoms with van der Waals surface area (Å²) in [4.78, 5) is 11.6. The predicted molar refractivity (Wildman–Crippen MR) is 67.7 cm³/mol. The number of nitrogens with zero attached hydrogens (tertiary/aromatic N) is 2. The maximum Gasteiger partial charge on any atom is 0.359 e. The molecule has 0 bridgehead atoms. The van der Waals surface area contributed by atoms with Crippen molar-refractivity contribution < 1.29 is 9.53 Å². The minimum Gasteiger partial charge on any atom is -0.456 e. The molecule has 4 nitrogen and oxygen atoms in total. The fraction of sp³-hybridized carbons (Fsp3) is 0.0714. The van der Waals surface area contributed by atoms with Crippen LogP contribution in [0.5, 0.6) is 0 Å². The first-order valence-electron chi connectivity index (χ1n) is 5.46. The van der Waals surface area contributed by atoms with Gasteiger partial charge in [0.25, 0.3) is 0 Å². The summed E-state index contributed by atoms with van der Waals surface area (Å²) >= 11 is 0. The first kappa shape index (κ1) is 12.0. The SMILES string of the molecule is C=Cc1cccc(COC(=O)c2cccnn2)c1. The first-order chi connectivity index (χ1) is 8.79. The van der Waals surface area contributed by atoms with Crippen LogP contribution in [0.1, 0.15) is 21.6 Å². The average Bonchev–Trinajstić information content (AvgIpc) is 2.46. The van der Waals surface area contributed by atoms with E-state index in [9.17, 15) is 4.79 Å². The van der Waals surface area contributed by atoms with Crippen LogP contribution in [-0.4, -0.2) is 16.2 Å². The van der Waals surface area contributed by atoms with Gasteiger partial charge < -0.3 is 4.74 Å². The van der Waals surface area contributed by atoms with Gasteiger partial charge in [0.15, 0.2) is 5.69 Å². The second-order valence-corrected chi connectivity index (χ2v) is 3.63. The second-order valence-electron chi connectivity index (χ2n) is 3.63. The summed E-state index contributed by atoms with van der Waals surface area (Å²) in [6, 6.07) is 10.8. The number of benzene rings is 1. The Balaban J connectivity index is 1.99. The lowest BCUT2D eigenvalue weighted by molar-refractivity contribution is 0.0464. The van der Waals surface area contributed by atoms with Crippen LogP contribution in [0, 0.1) is 0 Å². The van der Waals surface area contributed by atoms with Crippen LogP contribution in [0.2, 0.25) is 0 Å². The molecule has 0 aliphatic carbocycles. The van der Waals surface area contributed by atoms with Crippen molar-refractivity contribution >= 4 is 12.0 Å². The average molecular weight is 240 g/mol. The molecular formula is C14H12N2O2. The molecule has 90 valence electrons. The quantitative estimate of drug-likeness (QED) is 0.770. The molecule has 0 atom stereocenters. The molecule has 0 fully saturated rings. The standard InChI is InChI=1S/C14H12N2O2/c1-2-11-5-3-6-12(9-11)10-18-14(17)13-7-4-8-15-16-13/h2-9H,1,10H2. The molecule has 0 spiro atoms. The van der Waals surface area contributed by atoms with Crippen molar-refractivity contribution in [3.8, 4) is 0 Å². The number of esters is 1. The minimum atomic E-state index is -0.480. The van der Waals surface area contributed by atoms with E-state index in [4.69, 9.17) is 4.74 Å². The highest BCUT2D eigenvalue weighted by Crippen LogP contribution is 2.08. The van der Waals surface area contributed by atoms with E-state index >= 15 is 0 Å². The van der Waals surface area contributed by atoms with Crippen molar-refractivity contribution in [1.29, 1.82) is 0 Å². The van der Waals surface area contributed by atoms with Crippen LogP contribution in [0.4, 0.5) is 0 Å². The Kier molecular flexibility index (Phi) is 3.81. The molecule has 0 saturated carbocycles. The maximum atomic E-state index is 11.6. The van der Waals surface area contributed by atoms with Gasteiger partial charge in [-0.25, -0.2) is 4.79 Å². The number of carbonyl (C=O) groups is 1. The summed E-state index contributed by atoms with van der Waals surface area (Å²) in [6.45, 7) is 3.89. The molecule has 1 aromatic heterocycles.